The maximum absolute atomic E-state index is 12.9. The fourth-order valence-electron chi connectivity index (χ4n) is 2.45. The molecule has 3 aromatic rings. The smallest absolute Gasteiger partial charge is 0.276 e. The molecule has 25 heavy (non-hydrogen) atoms. The highest BCUT2D eigenvalue weighted by molar-refractivity contribution is 7.79. The molecule has 0 atom stereocenters. The van der Waals surface area contributed by atoms with Crippen LogP contribution in [0.25, 0.3) is 17.1 Å². The van der Waals surface area contributed by atoms with Gasteiger partial charge in [0.2, 0.25) is 0 Å². The predicted octanol–water partition coefficient (Wildman–Crippen LogP) is 2.60. The molecular weight excluding hydrogens is 336 g/mol. The number of pyridine rings is 1. The first-order valence-corrected chi connectivity index (χ1v) is 8.04. The standard InChI is InChI=1S/C18H14N4O2S/c1-24-14-6-4-13(5-7-14)22-17(12-3-2-8-20-10-12)21-16(11-25)15(9-19)18(22)23/h2-8,10,25H,11H2,1H3. The lowest BCUT2D eigenvalue weighted by atomic mass is 10.2. The summed E-state index contributed by atoms with van der Waals surface area (Å²) in [6.45, 7) is 0. The summed E-state index contributed by atoms with van der Waals surface area (Å²) in [5, 5.41) is 9.38. The second-order valence-electron chi connectivity index (χ2n) is 5.11. The molecule has 0 saturated carbocycles. The first-order valence-electron chi connectivity index (χ1n) is 7.41. The van der Waals surface area contributed by atoms with Crippen LogP contribution in [0.4, 0.5) is 0 Å². The Balaban J connectivity index is 2.35. The molecule has 6 nitrogen and oxygen atoms in total. The lowest BCUT2D eigenvalue weighted by Crippen LogP contribution is -2.26. The maximum atomic E-state index is 12.9. The number of aromatic nitrogens is 3. The summed E-state index contributed by atoms with van der Waals surface area (Å²) in [4.78, 5) is 21.5. The van der Waals surface area contributed by atoms with Gasteiger partial charge in [0.15, 0.2) is 0 Å². The van der Waals surface area contributed by atoms with Crippen molar-refractivity contribution in [3.8, 4) is 28.9 Å². The highest BCUT2D eigenvalue weighted by Crippen LogP contribution is 2.22. The average Bonchev–Trinajstić information content (AvgIpc) is 2.68. The van der Waals surface area contributed by atoms with Crippen LogP contribution in [0.3, 0.4) is 0 Å². The van der Waals surface area contributed by atoms with E-state index in [-0.39, 0.29) is 11.3 Å². The van der Waals surface area contributed by atoms with Gasteiger partial charge in [0.25, 0.3) is 5.56 Å². The van der Waals surface area contributed by atoms with Gasteiger partial charge in [0.05, 0.1) is 18.5 Å². The van der Waals surface area contributed by atoms with Crippen molar-refractivity contribution >= 4 is 12.6 Å². The Hall–Kier alpha value is -3.11. The molecule has 0 unspecified atom stereocenters. The van der Waals surface area contributed by atoms with Crippen molar-refractivity contribution in [3.63, 3.8) is 0 Å². The third kappa shape index (κ3) is 3.12. The molecule has 0 fully saturated rings. The van der Waals surface area contributed by atoms with E-state index in [2.05, 4.69) is 22.6 Å². The number of rotatable bonds is 4. The van der Waals surface area contributed by atoms with Gasteiger partial charge in [-0.05, 0) is 36.4 Å². The Morgan fingerprint density at radius 2 is 2.04 bits per heavy atom. The fourth-order valence-corrected chi connectivity index (χ4v) is 2.68. The molecule has 0 radical (unpaired) electrons. The normalized spacial score (nSPS) is 10.3. The summed E-state index contributed by atoms with van der Waals surface area (Å²) >= 11 is 4.19. The second kappa shape index (κ2) is 7.20. The van der Waals surface area contributed by atoms with Gasteiger partial charge in [0, 0.05) is 23.7 Å². The Morgan fingerprint density at radius 1 is 1.28 bits per heavy atom. The van der Waals surface area contributed by atoms with Crippen LogP contribution < -0.4 is 10.3 Å². The fraction of sp³-hybridized carbons (Fsp3) is 0.111. The quantitative estimate of drug-likeness (QED) is 0.732. The summed E-state index contributed by atoms with van der Waals surface area (Å²) in [6, 6.07) is 12.5. The number of nitrogens with zero attached hydrogens (tertiary/aromatic N) is 4. The highest BCUT2D eigenvalue weighted by Gasteiger charge is 2.18. The molecule has 0 aliphatic carbocycles. The van der Waals surface area contributed by atoms with Crippen LogP contribution in [-0.4, -0.2) is 21.6 Å². The third-order valence-corrected chi connectivity index (χ3v) is 3.97. The van der Waals surface area contributed by atoms with E-state index >= 15 is 0 Å². The average molecular weight is 350 g/mol. The lowest BCUT2D eigenvalue weighted by Gasteiger charge is -2.14. The van der Waals surface area contributed by atoms with E-state index in [1.165, 1.54) is 4.57 Å². The van der Waals surface area contributed by atoms with Crippen LogP contribution in [0, 0.1) is 11.3 Å². The molecule has 0 N–H and O–H groups in total. The van der Waals surface area contributed by atoms with Crippen molar-refractivity contribution in [2.24, 2.45) is 0 Å². The van der Waals surface area contributed by atoms with Gasteiger partial charge in [-0.3, -0.25) is 14.3 Å². The zero-order chi connectivity index (χ0) is 17.8. The van der Waals surface area contributed by atoms with E-state index in [1.54, 1.807) is 49.8 Å². The number of ether oxygens (including phenoxy) is 1. The minimum absolute atomic E-state index is 0.0153. The van der Waals surface area contributed by atoms with Gasteiger partial charge in [0.1, 0.15) is 23.2 Å². The monoisotopic (exact) mass is 350 g/mol. The SMILES string of the molecule is COc1ccc(-n2c(-c3cccnc3)nc(CS)c(C#N)c2=O)cc1. The van der Waals surface area contributed by atoms with E-state index in [0.29, 0.717) is 28.5 Å². The number of nitriles is 1. The predicted molar refractivity (Wildman–Crippen MR) is 97.0 cm³/mol. The van der Waals surface area contributed by atoms with Crippen LogP contribution in [0.15, 0.2) is 53.6 Å². The summed E-state index contributed by atoms with van der Waals surface area (Å²) in [7, 11) is 1.57. The number of hydrogen-bond acceptors (Lipinski definition) is 6. The van der Waals surface area contributed by atoms with Gasteiger partial charge in [-0.2, -0.15) is 17.9 Å². The molecule has 7 heteroatoms. The van der Waals surface area contributed by atoms with E-state index in [4.69, 9.17) is 4.74 Å². The van der Waals surface area contributed by atoms with Gasteiger partial charge in [-0.25, -0.2) is 4.98 Å². The Kier molecular flexibility index (Phi) is 4.82. The van der Waals surface area contributed by atoms with Crippen molar-refractivity contribution in [2.45, 2.75) is 5.75 Å². The second-order valence-corrected chi connectivity index (χ2v) is 5.42. The lowest BCUT2D eigenvalue weighted by molar-refractivity contribution is 0.414. The van der Waals surface area contributed by atoms with Gasteiger partial charge < -0.3 is 4.74 Å². The van der Waals surface area contributed by atoms with E-state index in [9.17, 15) is 10.1 Å². The van der Waals surface area contributed by atoms with E-state index in [0.717, 1.165) is 0 Å². The van der Waals surface area contributed by atoms with E-state index < -0.39 is 5.56 Å². The van der Waals surface area contributed by atoms with Crippen molar-refractivity contribution in [3.05, 3.63) is 70.4 Å². The first kappa shape index (κ1) is 16.7. The topological polar surface area (TPSA) is 80.8 Å². The maximum Gasteiger partial charge on any atom is 0.276 e. The van der Waals surface area contributed by atoms with Gasteiger partial charge in [-0.1, -0.05) is 0 Å². The van der Waals surface area contributed by atoms with Crippen molar-refractivity contribution in [1.29, 1.82) is 5.26 Å². The summed E-state index contributed by atoms with van der Waals surface area (Å²) < 4.78 is 6.56. The minimum atomic E-state index is -0.439. The van der Waals surface area contributed by atoms with Crippen molar-refractivity contribution in [2.75, 3.05) is 7.11 Å². The van der Waals surface area contributed by atoms with Crippen LogP contribution in [-0.2, 0) is 5.75 Å². The number of benzene rings is 1. The third-order valence-electron chi connectivity index (χ3n) is 3.67. The molecule has 124 valence electrons. The zero-order valence-corrected chi connectivity index (χ0v) is 14.3. The molecular formula is C18H14N4O2S. The minimum Gasteiger partial charge on any atom is -0.497 e. The highest BCUT2D eigenvalue weighted by atomic mass is 32.1. The van der Waals surface area contributed by atoms with Crippen LogP contribution >= 0.6 is 12.6 Å². The van der Waals surface area contributed by atoms with E-state index in [1.807, 2.05) is 12.1 Å². The Bertz CT molecular complexity index is 993. The first-order chi connectivity index (χ1) is 12.2. The summed E-state index contributed by atoms with van der Waals surface area (Å²) in [5.41, 5.74) is 1.14. The Morgan fingerprint density at radius 3 is 2.60 bits per heavy atom. The van der Waals surface area contributed by atoms with Crippen molar-refractivity contribution in [1.82, 2.24) is 14.5 Å². The molecule has 0 spiro atoms. The van der Waals surface area contributed by atoms with Gasteiger partial charge in [-0.15, -0.1) is 0 Å². The largest absolute Gasteiger partial charge is 0.497 e. The van der Waals surface area contributed by atoms with Gasteiger partial charge >= 0.3 is 0 Å². The number of thiol groups is 1. The number of hydrogen-bond donors (Lipinski definition) is 1. The van der Waals surface area contributed by atoms with Crippen LogP contribution in [0.5, 0.6) is 5.75 Å². The molecule has 0 saturated heterocycles. The molecule has 0 amide bonds. The molecule has 0 bridgehead atoms. The summed E-state index contributed by atoms with van der Waals surface area (Å²) in [5.74, 6) is 1.26. The molecule has 0 aliphatic heterocycles. The molecule has 3 rings (SSSR count). The summed E-state index contributed by atoms with van der Waals surface area (Å²) in [6.07, 6.45) is 3.26. The Labute approximate surface area is 149 Å². The number of methoxy groups -OCH3 is 1. The van der Waals surface area contributed by atoms with Crippen LogP contribution in [0.1, 0.15) is 11.3 Å². The molecule has 2 aromatic heterocycles. The molecule has 2 heterocycles. The molecule has 1 aromatic carbocycles. The molecule has 0 aliphatic rings. The van der Waals surface area contributed by atoms with Crippen molar-refractivity contribution < 1.29 is 4.74 Å². The zero-order valence-electron chi connectivity index (χ0n) is 13.4. The van der Waals surface area contributed by atoms with Crippen LogP contribution in [0.2, 0.25) is 0 Å².